The Kier molecular flexibility index (Phi) is 4.08. The van der Waals surface area contributed by atoms with Gasteiger partial charge >= 0.3 is 6.01 Å². The van der Waals surface area contributed by atoms with E-state index in [1.54, 1.807) is 0 Å². The first-order chi connectivity index (χ1) is 7.15. The summed E-state index contributed by atoms with van der Waals surface area (Å²) in [5, 5.41) is 3.11. The number of nitrogens with zero attached hydrogens (tertiary/aromatic N) is 3. The lowest BCUT2D eigenvalue weighted by Gasteiger charge is -2.11. The van der Waals surface area contributed by atoms with Gasteiger partial charge in [0.1, 0.15) is 0 Å². The Labute approximate surface area is 89.3 Å². The summed E-state index contributed by atoms with van der Waals surface area (Å²) >= 11 is 0. The van der Waals surface area contributed by atoms with E-state index in [0.29, 0.717) is 18.6 Å². The zero-order chi connectivity index (χ0) is 11.3. The summed E-state index contributed by atoms with van der Waals surface area (Å²) < 4.78 is 5.16. The Balaban J connectivity index is 2.78. The Bertz CT molecular complexity index is 317. The second kappa shape index (κ2) is 5.33. The molecule has 0 saturated carbocycles. The van der Waals surface area contributed by atoms with E-state index in [2.05, 4.69) is 27.2 Å². The molecule has 0 aliphatic rings. The molecule has 1 unspecified atom stereocenters. The number of nitrogen functional groups attached to an aromatic ring is 1. The van der Waals surface area contributed by atoms with Crippen LogP contribution in [-0.2, 0) is 0 Å². The molecule has 3 N–H and O–H groups in total. The maximum Gasteiger partial charge on any atom is 0.323 e. The van der Waals surface area contributed by atoms with Gasteiger partial charge in [-0.3, -0.25) is 0 Å². The molecule has 0 spiro atoms. The van der Waals surface area contributed by atoms with Crippen molar-refractivity contribution in [2.24, 2.45) is 0 Å². The maximum atomic E-state index is 5.52. The van der Waals surface area contributed by atoms with Gasteiger partial charge < -0.3 is 15.8 Å². The number of hydrogen-bond donors (Lipinski definition) is 2. The fraction of sp³-hybridized carbons (Fsp3) is 0.667. The van der Waals surface area contributed by atoms with Crippen LogP contribution in [0.4, 0.5) is 11.9 Å². The Morgan fingerprint density at radius 1 is 1.33 bits per heavy atom. The summed E-state index contributed by atoms with van der Waals surface area (Å²) in [5.41, 5.74) is 5.52. The van der Waals surface area contributed by atoms with Gasteiger partial charge in [-0.1, -0.05) is 6.92 Å². The van der Waals surface area contributed by atoms with E-state index in [1.807, 2.05) is 13.8 Å². The van der Waals surface area contributed by atoms with Crippen molar-refractivity contribution in [3.8, 4) is 6.01 Å². The highest BCUT2D eigenvalue weighted by atomic mass is 16.5. The fourth-order valence-electron chi connectivity index (χ4n) is 0.953. The smallest absolute Gasteiger partial charge is 0.323 e. The molecule has 1 rings (SSSR count). The molecule has 1 heterocycles. The minimum absolute atomic E-state index is 0.166. The van der Waals surface area contributed by atoms with Gasteiger partial charge in [-0.05, 0) is 20.3 Å². The van der Waals surface area contributed by atoms with Crippen molar-refractivity contribution in [1.82, 2.24) is 15.0 Å². The summed E-state index contributed by atoms with van der Waals surface area (Å²) in [6.07, 6.45) is 0.982. The van der Waals surface area contributed by atoms with E-state index < -0.39 is 0 Å². The van der Waals surface area contributed by atoms with Gasteiger partial charge in [0.05, 0.1) is 6.61 Å². The van der Waals surface area contributed by atoms with Crippen molar-refractivity contribution in [3.05, 3.63) is 0 Å². The summed E-state index contributed by atoms with van der Waals surface area (Å²) in [5.74, 6) is 0.625. The van der Waals surface area contributed by atoms with E-state index in [4.69, 9.17) is 10.5 Å². The summed E-state index contributed by atoms with van der Waals surface area (Å²) in [6.45, 7) is 6.49. The van der Waals surface area contributed by atoms with E-state index in [1.165, 1.54) is 0 Å². The zero-order valence-electron chi connectivity index (χ0n) is 9.32. The predicted molar refractivity (Wildman–Crippen MR) is 58.8 cm³/mol. The summed E-state index contributed by atoms with van der Waals surface area (Å²) in [7, 11) is 0. The molecular weight excluding hydrogens is 194 g/mol. The molecule has 6 nitrogen and oxygen atoms in total. The molecule has 1 atom stereocenters. The van der Waals surface area contributed by atoms with E-state index in [9.17, 15) is 0 Å². The first-order valence-corrected chi connectivity index (χ1v) is 5.06. The largest absolute Gasteiger partial charge is 0.464 e. The normalized spacial score (nSPS) is 12.2. The monoisotopic (exact) mass is 211 g/mol. The third-order valence-corrected chi connectivity index (χ3v) is 1.89. The predicted octanol–water partition coefficient (Wildman–Crippen LogP) is 1.06. The van der Waals surface area contributed by atoms with E-state index >= 15 is 0 Å². The molecule has 0 aromatic carbocycles. The van der Waals surface area contributed by atoms with Gasteiger partial charge in [-0.2, -0.15) is 15.0 Å². The van der Waals surface area contributed by atoms with Gasteiger partial charge in [0.2, 0.25) is 11.9 Å². The zero-order valence-corrected chi connectivity index (χ0v) is 9.32. The van der Waals surface area contributed by atoms with Crippen LogP contribution in [0, 0.1) is 0 Å². The van der Waals surface area contributed by atoms with Crippen LogP contribution >= 0.6 is 0 Å². The van der Waals surface area contributed by atoms with Crippen molar-refractivity contribution in [3.63, 3.8) is 0 Å². The minimum atomic E-state index is 0.166. The number of nitrogens with two attached hydrogens (primary N) is 1. The number of rotatable bonds is 5. The van der Waals surface area contributed by atoms with E-state index in [0.717, 1.165) is 6.42 Å². The SMILES string of the molecule is CCOc1nc(N)nc(NC(C)CC)n1. The second-order valence-corrected chi connectivity index (χ2v) is 3.19. The van der Waals surface area contributed by atoms with Crippen molar-refractivity contribution in [1.29, 1.82) is 0 Å². The van der Waals surface area contributed by atoms with Gasteiger partial charge in [0, 0.05) is 6.04 Å². The van der Waals surface area contributed by atoms with Crippen molar-refractivity contribution < 1.29 is 4.74 Å². The molecule has 0 amide bonds. The van der Waals surface area contributed by atoms with Crippen LogP contribution in [0.2, 0.25) is 0 Å². The number of aromatic nitrogens is 3. The lowest BCUT2D eigenvalue weighted by molar-refractivity contribution is 0.312. The molecule has 0 radical (unpaired) electrons. The average molecular weight is 211 g/mol. The highest BCUT2D eigenvalue weighted by molar-refractivity contribution is 5.33. The molecule has 1 aromatic heterocycles. The highest BCUT2D eigenvalue weighted by Crippen LogP contribution is 2.10. The quantitative estimate of drug-likeness (QED) is 0.757. The molecule has 1 aromatic rings. The molecule has 0 fully saturated rings. The lowest BCUT2D eigenvalue weighted by Crippen LogP contribution is -2.17. The Morgan fingerprint density at radius 3 is 2.67 bits per heavy atom. The maximum absolute atomic E-state index is 5.52. The first kappa shape index (κ1) is 11.5. The minimum Gasteiger partial charge on any atom is -0.464 e. The second-order valence-electron chi connectivity index (χ2n) is 3.19. The van der Waals surface area contributed by atoms with Crippen LogP contribution < -0.4 is 15.8 Å². The van der Waals surface area contributed by atoms with Crippen LogP contribution in [0.15, 0.2) is 0 Å². The molecule has 0 aliphatic heterocycles. The van der Waals surface area contributed by atoms with Crippen LogP contribution in [0.25, 0.3) is 0 Å². The topological polar surface area (TPSA) is 86.0 Å². The third kappa shape index (κ3) is 3.57. The van der Waals surface area contributed by atoms with Gasteiger partial charge in [-0.15, -0.1) is 0 Å². The average Bonchev–Trinajstić information content (AvgIpc) is 2.17. The summed E-state index contributed by atoms with van der Waals surface area (Å²) in [4.78, 5) is 11.9. The highest BCUT2D eigenvalue weighted by Gasteiger charge is 2.06. The molecule has 84 valence electrons. The number of anilines is 2. The van der Waals surface area contributed by atoms with Crippen LogP contribution in [-0.4, -0.2) is 27.6 Å². The van der Waals surface area contributed by atoms with Gasteiger partial charge in [0.25, 0.3) is 0 Å². The fourth-order valence-corrected chi connectivity index (χ4v) is 0.953. The van der Waals surface area contributed by atoms with Crippen molar-refractivity contribution in [2.45, 2.75) is 33.2 Å². The first-order valence-electron chi connectivity index (χ1n) is 5.06. The molecule has 6 heteroatoms. The summed E-state index contributed by atoms with van der Waals surface area (Å²) in [6, 6.07) is 0.553. The molecule has 15 heavy (non-hydrogen) atoms. The Morgan fingerprint density at radius 2 is 2.07 bits per heavy atom. The van der Waals surface area contributed by atoms with Crippen molar-refractivity contribution in [2.75, 3.05) is 17.7 Å². The standard InChI is InChI=1S/C9H17N5O/c1-4-6(3)11-8-12-7(10)13-9(14-8)15-5-2/h6H,4-5H2,1-3H3,(H3,10,11,12,13,14). The van der Waals surface area contributed by atoms with E-state index in [-0.39, 0.29) is 12.0 Å². The Hall–Kier alpha value is -1.59. The van der Waals surface area contributed by atoms with Crippen LogP contribution in [0.1, 0.15) is 27.2 Å². The number of ether oxygens (including phenoxy) is 1. The molecular formula is C9H17N5O. The molecule has 0 aliphatic carbocycles. The van der Waals surface area contributed by atoms with Gasteiger partial charge in [-0.25, -0.2) is 0 Å². The van der Waals surface area contributed by atoms with Crippen molar-refractivity contribution >= 4 is 11.9 Å². The lowest BCUT2D eigenvalue weighted by atomic mass is 10.3. The van der Waals surface area contributed by atoms with Gasteiger partial charge in [0.15, 0.2) is 0 Å². The molecule has 0 bridgehead atoms. The third-order valence-electron chi connectivity index (χ3n) is 1.89. The molecule has 0 saturated heterocycles. The number of hydrogen-bond acceptors (Lipinski definition) is 6. The number of nitrogens with one attached hydrogen (secondary N) is 1. The van der Waals surface area contributed by atoms with Crippen LogP contribution in [0.5, 0.6) is 6.01 Å². The van der Waals surface area contributed by atoms with Crippen LogP contribution in [0.3, 0.4) is 0 Å².